The van der Waals surface area contributed by atoms with Gasteiger partial charge >= 0.3 is 0 Å². The lowest BCUT2D eigenvalue weighted by Crippen LogP contribution is -2.33. The van der Waals surface area contributed by atoms with Crippen molar-refractivity contribution >= 4 is 17.0 Å². The monoisotopic (exact) mass is 271 g/mol. The van der Waals surface area contributed by atoms with Crippen LogP contribution in [0.1, 0.15) is 43.4 Å². The molecule has 0 fully saturated rings. The van der Waals surface area contributed by atoms with Crippen LogP contribution in [0.4, 0.5) is 5.69 Å². The van der Waals surface area contributed by atoms with Gasteiger partial charge < -0.3 is 4.90 Å². The Morgan fingerprint density at radius 2 is 2.16 bits per heavy atom. The summed E-state index contributed by atoms with van der Waals surface area (Å²) in [4.78, 5) is 2.63. The molecule has 1 aromatic carbocycles. The van der Waals surface area contributed by atoms with Crippen LogP contribution in [0.5, 0.6) is 0 Å². The van der Waals surface area contributed by atoms with Crippen molar-refractivity contribution in [3.63, 3.8) is 0 Å². The van der Waals surface area contributed by atoms with Gasteiger partial charge in [0.1, 0.15) is 0 Å². The first kappa shape index (κ1) is 12.7. The molecular formula is C17H21NS. The van der Waals surface area contributed by atoms with E-state index in [1.54, 1.807) is 0 Å². The maximum Gasteiger partial charge on any atom is 0.0553 e. The van der Waals surface area contributed by atoms with Gasteiger partial charge in [0, 0.05) is 12.2 Å². The number of aryl methyl sites for hydroxylation is 1. The van der Waals surface area contributed by atoms with E-state index >= 15 is 0 Å². The summed E-state index contributed by atoms with van der Waals surface area (Å²) in [5.74, 6) is 0. The summed E-state index contributed by atoms with van der Waals surface area (Å²) in [6, 6.07) is 11.8. The summed E-state index contributed by atoms with van der Waals surface area (Å²) in [6.45, 7) is 3.45. The highest BCUT2D eigenvalue weighted by Crippen LogP contribution is 2.39. The molecule has 3 rings (SSSR count). The number of hydrogen-bond donors (Lipinski definition) is 0. The van der Waals surface area contributed by atoms with Crippen molar-refractivity contribution in [3.8, 4) is 0 Å². The Balaban J connectivity index is 1.93. The standard InChI is InChI=1S/C17H21NS/c1-2-3-11-18-16-7-5-4-6-14(16)8-9-17(18)15-10-12-19-13-15/h4-7,10,12-13,17H,2-3,8-9,11H2,1H3. The predicted octanol–water partition coefficient (Wildman–Crippen LogP) is 5.04. The lowest BCUT2D eigenvalue weighted by Gasteiger charge is -2.39. The molecule has 1 nitrogen and oxygen atoms in total. The van der Waals surface area contributed by atoms with E-state index in [0.29, 0.717) is 6.04 Å². The Kier molecular flexibility index (Phi) is 3.88. The fourth-order valence-electron chi connectivity index (χ4n) is 3.03. The fourth-order valence-corrected chi connectivity index (χ4v) is 3.74. The maximum absolute atomic E-state index is 2.63. The topological polar surface area (TPSA) is 3.24 Å². The van der Waals surface area contributed by atoms with Gasteiger partial charge in [-0.15, -0.1) is 0 Å². The molecule has 2 heteroatoms. The average molecular weight is 271 g/mol. The number of rotatable bonds is 4. The van der Waals surface area contributed by atoms with Crippen LogP contribution < -0.4 is 4.90 Å². The molecule has 0 saturated heterocycles. The first-order valence-electron chi connectivity index (χ1n) is 7.27. The zero-order valence-corrected chi connectivity index (χ0v) is 12.3. The van der Waals surface area contributed by atoms with Crippen LogP contribution >= 0.6 is 11.3 Å². The third kappa shape index (κ3) is 2.55. The van der Waals surface area contributed by atoms with Crippen LogP contribution in [0.25, 0.3) is 0 Å². The number of unbranched alkanes of at least 4 members (excludes halogenated alkanes) is 1. The van der Waals surface area contributed by atoms with Gasteiger partial charge in [0.25, 0.3) is 0 Å². The number of benzene rings is 1. The van der Waals surface area contributed by atoms with Crippen molar-refractivity contribution in [1.82, 2.24) is 0 Å². The van der Waals surface area contributed by atoms with Gasteiger partial charge in [-0.1, -0.05) is 31.5 Å². The van der Waals surface area contributed by atoms with Gasteiger partial charge in [-0.05, 0) is 53.3 Å². The predicted molar refractivity (Wildman–Crippen MR) is 84.1 cm³/mol. The molecule has 1 aromatic heterocycles. The Labute approximate surface area is 119 Å². The molecule has 0 aliphatic carbocycles. The third-order valence-electron chi connectivity index (χ3n) is 4.04. The van der Waals surface area contributed by atoms with Gasteiger partial charge in [0.05, 0.1) is 6.04 Å². The lowest BCUT2D eigenvalue weighted by molar-refractivity contribution is 0.538. The fraction of sp³-hybridized carbons (Fsp3) is 0.412. The summed E-state index contributed by atoms with van der Waals surface area (Å²) in [5.41, 5.74) is 4.47. The molecule has 1 aliphatic heterocycles. The zero-order valence-electron chi connectivity index (χ0n) is 11.5. The van der Waals surface area contributed by atoms with E-state index in [2.05, 4.69) is 52.9 Å². The molecule has 0 radical (unpaired) electrons. The molecule has 0 bridgehead atoms. The van der Waals surface area contributed by atoms with Gasteiger partial charge in [0.2, 0.25) is 0 Å². The highest BCUT2D eigenvalue weighted by molar-refractivity contribution is 7.08. The van der Waals surface area contributed by atoms with Crippen molar-refractivity contribution in [2.75, 3.05) is 11.4 Å². The minimum atomic E-state index is 0.577. The number of fused-ring (bicyclic) bond motifs is 1. The maximum atomic E-state index is 2.63. The molecule has 19 heavy (non-hydrogen) atoms. The van der Waals surface area contributed by atoms with Crippen molar-refractivity contribution < 1.29 is 0 Å². The summed E-state index contributed by atoms with van der Waals surface area (Å²) in [6.07, 6.45) is 4.99. The number of anilines is 1. The van der Waals surface area contributed by atoms with Crippen LogP contribution in [0.2, 0.25) is 0 Å². The number of thiophene rings is 1. The minimum absolute atomic E-state index is 0.577. The molecule has 0 N–H and O–H groups in total. The number of nitrogens with zero attached hydrogens (tertiary/aromatic N) is 1. The molecule has 1 atom stereocenters. The van der Waals surface area contributed by atoms with E-state index in [-0.39, 0.29) is 0 Å². The second kappa shape index (κ2) is 5.79. The largest absolute Gasteiger partial charge is 0.364 e. The molecule has 0 amide bonds. The molecular weight excluding hydrogens is 250 g/mol. The second-order valence-corrected chi connectivity index (χ2v) is 6.07. The third-order valence-corrected chi connectivity index (χ3v) is 4.75. The second-order valence-electron chi connectivity index (χ2n) is 5.29. The summed E-state index contributed by atoms with van der Waals surface area (Å²) < 4.78 is 0. The molecule has 100 valence electrons. The van der Waals surface area contributed by atoms with Gasteiger partial charge in [-0.3, -0.25) is 0 Å². The van der Waals surface area contributed by atoms with Gasteiger partial charge in [-0.25, -0.2) is 0 Å². The van der Waals surface area contributed by atoms with Gasteiger partial charge in [-0.2, -0.15) is 11.3 Å². The Morgan fingerprint density at radius 1 is 1.26 bits per heavy atom. The van der Waals surface area contributed by atoms with E-state index in [0.717, 1.165) is 0 Å². The summed E-state index contributed by atoms with van der Waals surface area (Å²) in [5, 5.41) is 4.52. The van der Waals surface area contributed by atoms with Crippen molar-refractivity contribution in [3.05, 3.63) is 52.2 Å². The first-order chi connectivity index (χ1) is 9.40. The molecule has 0 saturated carbocycles. The lowest BCUT2D eigenvalue weighted by atomic mass is 9.92. The van der Waals surface area contributed by atoms with Crippen molar-refractivity contribution in [2.45, 2.75) is 38.6 Å². The van der Waals surface area contributed by atoms with Crippen LogP contribution in [-0.2, 0) is 6.42 Å². The molecule has 2 heterocycles. The van der Waals surface area contributed by atoms with Crippen LogP contribution in [-0.4, -0.2) is 6.54 Å². The van der Waals surface area contributed by atoms with Crippen LogP contribution in [0, 0.1) is 0 Å². The Bertz CT molecular complexity index is 518. The SMILES string of the molecule is CCCCN1c2ccccc2CCC1c1ccsc1. The van der Waals surface area contributed by atoms with E-state index in [4.69, 9.17) is 0 Å². The summed E-state index contributed by atoms with van der Waals surface area (Å²) >= 11 is 1.81. The highest BCUT2D eigenvalue weighted by Gasteiger charge is 2.26. The average Bonchev–Trinajstić information content (AvgIpc) is 2.98. The minimum Gasteiger partial charge on any atom is -0.364 e. The van der Waals surface area contributed by atoms with E-state index in [1.165, 1.54) is 49.0 Å². The normalized spacial score (nSPS) is 18.4. The van der Waals surface area contributed by atoms with Crippen LogP contribution in [0.3, 0.4) is 0 Å². The van der Waals surface area contributed by atoms with Crippen molar-refractivity contribution in [2.24, 2.45) is 0 Å². The highest BCUT2D eigenvalue weighted by atomic mass is 32.1. The van der Waals surface area contributed by atoms with E-state index in [1.807, 2.05) is 11.3 Å². The molecule has 2 aromatic rings. The Morgan fingerprint density at radius 3 is 2.95 bits per heavy atom. The number of para-hydroxylation sites is 1. The number of hydrogen-bond acceptors (Lipinski definition) is 2. The zero-order chi connectivity index (χ0) is 13.1. The van der Waals surface area contributed by atoms with E-state index < -0.39 is 0 Å². The molecule has 1 aliphatic rings. The molecule has 1 unspecified atom stereocenters. The Hall–Kier alpha value is -1.28. The first-order valence-corrected chi connectivity index (χ1v) is 8.21. The van der Waals surface area contributed by atoms with Crippen molar-refractivity contribution in [1.29, 1.82) is 0 Å². The molecule has 0 spiro atoms. The quantitative estimate of drug-likeness (QED) is 0.753. The summed E-state index contributed by atoms with van der Waals surface area (Å²) in [7, 11) is 0. The van der Waals surface area contributed by atoms with Crippen LogP contribution in [0.15, 0.2) is 41.1 Å². The van der Waals surface area contributed by atoms with Gasteiger partial charge in [0.15, 0.2) is 0 Å². The smallest absolute Gasteiger partial charge is 0.0553 e. The van der Waals surface area contributed by atoms with E-state index in [9.17, 15) is 0 Å².